The number of hydrogen-bond acceptors (Lipinski definition) is 5. The van der Waals surface area contributed by atoms with Gasteiger partial charge in [0.25, 0.3) is 0 Å². The van der Waals surface area contributed by atoms with Crippen LogP contribution >= 0.6 is 23.2 Å². The first kappa shape index (κ1) is 27.9. The van der Waals surface area contributed by atoms with Crippen molar-refractivity contribution in [3.05, 3.63) is 100 Å². The minimum absolute atomic E-state index is 0.0702. The number of anilines is 1. The molecule has 3 aromatic carbocycles. The number of nitrogens with one attached hydrogen (secondary N) is 2. The number of aromatic nitrogens is 1. The number of halogens is 2. The summed E-state index contributed by atoms with van der Waals surface area (Å²) in [6.07, 6.45) is 2.36. The van der Waals surface area contributed by atoms with Crippen LogP contribution in [0, 0.1) is 6.92 Å². The van der Waals surface area contributed by atoms with Crippen LogP contribution in [0.15, 0.2) is 83.9 Å². The highest BCUT2D eigenvalue weighted by molar-refractivity contribution is 7.89. The monoisotopic (exact) mass is 570 g/mol. The van der Waals surface area contributed by atoms with Gasteiger partial charge in [-0.05, 0) is 67.4 Å². The lowest BCUT2D eigenvalue weighted by atomic mass is 10.1. The zero-order valence-electron chi connectivity index (χ0n) is 20.8. The molecule has 0 aliphatic rings. The maximum absolute atomic E-state index is 13.4. The molecule has 198 valence electrons. The van der Waals surface area contributed by atoms with Crippen molar-refractivity contribution in [2.24, 2.45) is 0 Å². The number of pyridine rings is 1. The van der Waals surface area contributed by atoms with Gasteiger partial charge in [0.1, 0.15) is 0 Å². The molecule has 1 heterocycles. The molecule has 2 N–H and O–H groups in total. The summed E-state index contributed by atoms with van der Waals surface area (Å²) in [5, 5.41) is 8.21. The van der Waals surface area contributed by atoms with E-state index in [1.54, 1.807) is 6.20 Å². The molecule has 0 fully saturated rings. The summed E-state index contributed by atoms with van der Waals surface area (Å²) in [4.78, 5) is 17.2. The van der Waals surface area contributed by atoms with Crippen molar-refractivity contribution in [3.8, 4) is 0 Å². The van der Waals surface area contributed by atoms with Gasteiger partial charge in [0.05, 0.1) is 17.0 Å². The third-order valence-electron chi connectivity index (χ3n) is 5.91. The van der Waals surface area contributed by atoms with Crippen LogP contribution in [0.1, 0.15) is 17.5 Å². The normalized spacial score (nSPS) is 11.6. The number of aryl methyl sites for hydroxylation is 1. The summed E-state index contributed by atoms with van der Waals surface area (Å²) in [6.45, 7) is 2.70. The third kappa shape index (κ3) is 7.23. The second kappa shape index (κ2) is 12.6. The van der Waals surface area contributed by atoms with Crippen molar-refractivity contribution in [1.82, 2.24) is 14.6 Å². The lowest BCUT2D eigenvalue weighted by Gasteiger charge is -2.22. The van der Waals surface area contributed by atoms with Gasteiger partial charge >= 0.3 is 0 Å². The molecular formula is C28H28Cl2N4O3S. The Labute approximate surface area is 232 Å². The van der Waals surface area contributed by atoms with E-state index in [2.05, 4.69) is 15.6 Å². The van der Waals surface area contributed by atoms with E-state index < -0.39 is 10.0 Å². The van der Waals surface area contributed by atoms with Gasteiger partial charge in [0, 0.05) is 46.9 Å². The van der Waals surface area contributed by atoms with Crippen LogP contribution in [0.3, 0.4) is 0 Å². The quantitative estimate of drug-likeness (QED) is 0.227. The molecule has 4 aromatic rings. The van der Waals surface area contributed by atoms with E-state index in [1.807, 2.05) is 55.5 Å². The number of carbonyl (C=O) groups excluding carboxylic acids is 1. The molecule has 1 amide bonds. The van der Waals surface area contributed by atoms with Crippen molar-refractivity contribution in [2.75, 3.05) is 25.0 Å². The Morgan fingerprint density at radius 3 is 2.47 bits per heavy atom. The molecule has 7 nitrogen and oxygen atoms in total. The number of benzene rings is 3. The molecular weight excluding hydrogens is 543 g/mol. The molecule has 0 unspecified atom stereocenters. The van der Waals surface area contributed by atoms with E-state index in [9.17, 15) is 13.2 Å². The molecule has 38 heavy (non-hydrogen) atoms. The first-order valence-electron chi connectivity index (χ1n) is 12.1. The van der Waals surface area contributed by atoms with Gasteiger partial charge in [-0.2, -0.15) is 4.31 Å². The second-order valence-corrected chi connectivity index (χ2v) is 11.7. The van der Waals surface area contributed by atoms with Crippen LogP contribution in [0.2, 0.25) is 10.0 Å². The molecule has 0 saturated carbocycles. The summed E-state index contributed by atoms with van der Waals surface area (Å²) < 4.78 is 28.0. The molecule has 1 aromatic heterocycles. The van der Waals surface area contributed by atoms with E-state index in [-0.39, 0.29) is 23.9 Å². The lowest BCUT2D eigenvalue weighted by Crippen LogP contribution is -2.40. The summed E-state index contributed by atoms with van der Waals surface area (Å²) in [7, 11) is -3.93. The predicted octanol–water partition coefficient (Wildman–Crippen LogP) is 5.66. The van der Waals surface area contributed by atoms with E-state index in [4.69, 9.17) is 23.2 Å². The number of carbonyl (C=O) groups is 1. The van der Waals surface area contributed by atoms with Gasteiger partial charge in [-0.3, -0.25) is 9.78 Å². The fraction of sp³-hybridized carbons (Fsp3) is 0.214. The number of amides is 1. The SMILES string of the molecule is Cc1cccc(CN(CC(=O)NCCCNc2ccnc3cc(Cl)ccc23)S(=O)(=O)c2ccc(Cl)cc2)c1. The molecule has 4 rings (SSSR count). The molecule has 0 bridgehead atoms. The van der Waals surface area contributed by atoms with Gasteiger partial charge in [0.15, 0.2) is 0 Å². The Bertz CT molecular complexity index is 1530. The summed E-state index contributed by atoms with van der Waals surface area (Å²) in [5.74, 6) is -0.376. The van der Waals surface area contributed by atoms with Crippen LogP contribution in [0.5, 0.6) is 0 Å². The first-order chi connectivity index (χ1) is 18.2. The van der Waals surface area contributed by atoms with Crippen LogP contribution < -0.4 is 10.6 Å². The van der Waals surface area contributed by atoms with Crippen molar-refractivity contribution < 1.29 is 13.2 Å². The van der Waals surface area contributed by atoms with Crippen LogP contribution in [0.25, 0.3) is 10.9 Å². The van der Waals surface area contributed by atoms with Crippen molar-refractivity contribution in [3.63, 3.8) is 0 Å². The predicted molar refractivity (Wildman–Crippen MR) is 153 cm³/mol. The fourth-order valence-electron chi connectivity index (χ4n) is 4.03. The number of fused-ring (bicyclic) bond motifs is 1. The molecule has 0 aliphatic carbocycles. The van der Waals surface area contributed by atoms with Crippen molar-refractivity contribution in [2.45, 2.75) is 24.8 Å². The smallest absolute Gasteiger partial charge is 0.243 e. The molecule has 0 atom stereocenters. The maximum Gasteiger partial charge on any atom is 0.243 e. The first-order valence-corrected chi connectivity index (χ1v) is 14.3. The second-order valence-electron chi connectivity index (χ2n) is 8.87. The third-order valence-corrected chi connectivity index (χ3v) is 8.20. The number of nitrogens with zero attached hydrogens (tertiary/aromatic N) is 2. The van der Waals surface area contributed by atoms with Gasteiger partial charge in [-0.1, -0.05) is 53.0 Å². The largest absolute Gasteiger partial charge is 0.384 e. The zero-order chi connectivity index (χ0) is 27.1. The highest BCUT2D eigenvalue weighted by Crippen LogP contribution is 2.24. The maximum atomic E-state index is 13.4. The zero-order valence-corrected chi connectivity index (χ0v) is 23.2. The minimum Gasteiger partial charge on any atom is -0.384 e. The minimum atomic E-state index is -3.93. The van der Waals surface area contributed by atoms with Crippen molar-refractivity contribution in [1.29, 1.82) is 0 Å². The van der Waals surface area contributed by atoms with E-state index in [1.165, 1.54) is 28.6 Å². The highest BCUT2D eigenvalue weighted by Gasteiger charge is 2.27. The van der Waals surface area contributed by atoms with Gasteiger partial charge in [0.2, 0.25) is 15.9 Å². The van der Waals surface area contributed by atoms with Crippen molar-refractivity contribution >= 4 is 55.7 Å². The Morgan fingerprint density at radius 1 is 0.947 bits per heavy atom. The van der Waals surface area contributed by atoms with E-state index in [0.717, 1.165) is 27.7 Å². The summed E-state index contributed by atoms with van der Waals surface area (Å²) >= 11 is 12.0. The van der Waals surface area contributed by atoms with Crippen LogP contribution in [0.4, 0.5) is 5.69 Å². The molecule has 0 aliphatic heterocycles. The molecule has 0 saturated heterocycles. The van der Waals surface area contributed by atoms with Gasteiger partial charge < -0.3 is 10.6 Å². The van der Waals surface area contributed by atoms with Gasteiger partial charge in [-0.15, -0.1) is 0 Å². The molecule has 0 spiro atoms. The summed E-state index contributed by atoms with van der Waals surface area (Å²) in [6, 6.07) is 20.9. The standard InChI is InChI=1S/C28H28Cl2N4O3S/c1-20-4-2-5-21(16-20)18-34(38(36,37)24-9-6-22(29)7-10-24)19-28(35)33-14-3-13-31-26-12-15-32-27-17-23(30)8-11-25(26)27/h2,4-12,15-17H,3,13-14,18-19H2,1H3,(H,31,32)(H,33,35). The Hall–Kier alpha value is -3.17. The Kier molecular flexibility index (Phi) is 9.22. The van der Waals surface area contributed by atoms with E-state index >= 15 is 0 Å². The molecule has 10 heteroatoms. The topological polar surface area (TPSA) is 91.4 Å². The Balaban J connectivity index is 1.36. The van der Waals surface area contributed by atoms with E-state index in [0.29, 0.717) is 29.6 Å². The highest BCUT2D eigenvalue weighted by atomic mass is 35.5. The number of sulfonamides is 1. The molecule has 0 radical (unpaired) electrons. The van der Waals surface area contributed by atoms with Crippen LogP contribution in [-0.4, -0.2) is 43.2 Å². The van der Waals surface area contributed by atoms with Gasteiger partial charge in [-0.25, -0.2) is 8.42 Å². The van der Waals surface area contributed by atoms with Crippen LogP contribution in [-0.2, 0) is 21.4 Å². The Morgan fingerprint density at radius 2 is 1.71 bits per heavy atom. The fourth-order valence-corrected chi connectivity index (χ4v) is 5.70. The summed E-state index contributed by atoms with van der Waals surface area (Å²) in [5.41, 5.74) is 3.53. The lowest BCUT2D eigenvalue weighted by molar-refractivity contribution is -0.121. The number of hydrogen-bond donors (Lipinski definition) is 2. The average molecular weight is 572 g/mol. The average Bonchev–Trinajstić information content (AvgIpc) is 2.88. The number of rotatable bonds is 11.